The van der Waals surface area contributed by atoms with Crippen LogP contribution in [0.4, 0.5) is 4.39 Å². The van der Waals surface area contributed by atoms with Crippen molar-refractivity contribution >= 4 is 11.4 Å². The third-order valence-electron chi connectivity index (χ3n) is 8.85. The first-order valence-corrected chi connectivity index (χ1v) is 15.5. The number of fused-ring (bicyclic) bond motifs is 1. The molecule has 1 atom stereocenters. The van der Waals surface area contributed by atoms with E-state index in [0.717, 1.165) is 41.6 Å². The van der Waals surface area contributed by atoms with E-state index in [4.69, 9.17) is 14.5 Å². The van der Waals surface area contributed by atoms with Gasteiger partial charge < -0.3 is 9.47 Å². The number of alkyl halides is 1. The smallest absolute Gasteiger partial charge is 0.241 e. The molecule has 0 spiro atoms. The molecule has 5 nitrogen and oxygen atoms in total. The predicted molar refractivity (Wildman–Crippen MR) is 163 cm³/mol. The van der Waals surface area contributed by atoms with Gasteiger partial charge in [0.05, 0.1) is 19.0 Å². The Bertz CT molecular complexity index is 1370. The van der Waals surface area contributed by atoms with Crippen molar-refractivity contribution in [3.8, 4) is 22.8 Å². The standard InChI is InChI=1S/C35H45FN2O3/c1-5-9-32(36)41-31-21-26(20-30(40-4)34(31)29(39)12-8-11-25-13-14-25)28-23-37-33-22-27(15-19-38(28)33)35(17-18-35)16-7-6-10-24(2)3/h5,15,19-25,32H,1,6-14,16-18H2,2-4H3. The molecule has 0 saturated heterocycles. The van der Waals surface area contributed by atoms with Crippen LogP contribution < -0.4 is 9.47 Å². The minimum absolute atomic E-state index is 0.0272. The first-order valence-electron chi connectivity index (χ1n) is 15.5. The second-order valence-corrected chi connectivity index (χ2v) is 12.6. The summed E-state index contributed by atoms with van der Waals surface area (Å²) in [6.07, 6.45) is 16.1. The van der Waals surface area contributed by atoms with Crippen LogP contribution in [0.5, 0.6) is 11.5 Å². The van der Waals surface area contributed by atoms with Crippen molar-refractivity contribution in [3.63, 3.8) is 0 Å². The number of unbranched alkanes of at least 4 members (excludes halogenated alkanes) is 1. The number of Topliss-reactive ketones (excluding diaryl/α,β-unsaturated/α-hetero) is 1. The number of ether oxygens (including phenoxy) is 2. The average Bonchev–Trinajstić information content (AvgIpc) is 3.88. The topological polar surface area (TPSA) is 52.8 Å². The number of aromatic nitrogens is 2. The molecule has 2 aliphatic carbocycles. The van der Waals surface area contributed by atoms with Crippen LogP contribution in [0.3, 0.4) is 0 Å². The first kappa shape index (κ1) is 29.3. The number of nitrogens with zero attached hydrogens (tertiary/aromatic N) is 2. The van der Waals surface area contributed by atoms with E-state index >= 15 is 0 Å². The summed E-state index contributed by atoms with van der Waals surface area (Å²) in [4.78, 5) is 18.1. The van der Waals surface area contributed by atoms with E-state index < -0.39 is 6.36 Å². The Kier molecular flexibility index (Phi) is 9.16. The minimum Gasteiger partial charge on any atom is -0.496 e. The number of carbonyl (C=O) groups excluding carboxylic acids is 1. The molecule has 0 bridgehead atoms. The van der Waals surface area contributed by atoms with Gasteiger partial charge in [0.1, 0.15) is 22.7 Å². The zero-order valence-corrected chi connectivity index (χ0v) is 25.0. The molecule has 6 heteroatoms. The van der Waals surface area contributed by atoms with Gasteiger partial charge in [0.25, 0.3) is 0 Å². The summed E-state index contributed by atoms with van der Waals surface area (Å²) in [5, 5.41) is 0. The molecule has 3 aromatic rings. The maximum Gasteiger partial charge on any atom is 0.241 e. The van der Waals surface area contributed by atoms with Crippen LogP contribution in [0.25, 0.3) is 16.9 Å². The highest BCUT2D eigenvalue weighted by Crippen LogP contribution is 2.52. The summed E-state index contributed by atoms with van der Waals surface area (Å²) >= 11 is 0. The lowest BCUT2D eigenvalue weighted by Gasteiger charge is -2.18. The molecule has 2 fully saturated rings. The number of rotatable bonds is 17. The summed E-state index contributed by atoms with van der Waals surface area (Å²) in [6.45, 7) is 8.21. The van der Waals surface area contributed by atoms with Gasteiger partial charge in [0, 0.05) is 24.6 Å². The quantitative estimate of drug-likeness (QED) is 0.0938. The Labute approximate surface area is 244 Å². The summed E-state index contributed by atoms with van der Waals surface area (Å²) in [5.74, 6) is 2.02. The van der Waals surface area contributed by atoms with Crippen molar-refractivity contribution in [1.82, 2.24) is 9.38 Å². The van der Waals surface area contributed by atoms with Crippen molar-refractivity contribution in [2.75, 3.05) is 7.11 Å². The van der Waals surface area contributed by atoms with E-state index in [1.807, 2.05) is 16.7 Å². The molecule has 1 aromatic carbocycles. The van der Waals surface area contributed by atoms with E-state index in [-0.39, 0.29) is 23.4 Å². The molecule has 1 unspecified atom stereocenters. The number of ketones is 1. The number of pyridine rings is 1. The fraction of sp³-hybridized carbons (Fsp3) is 0.543. The third kappa shape index (κ3) is 7.02. The Morgan fingerprint density at radius 1 is 1.20 bits per heavy atom. The molecule has 2 aromatic heterocycles. The van der Waals surface area contributed by atoms with Crippen LogP contribution in [0, 0.1) is 11.8 Å². The Morgan fingerprint density at radius 2 is 1.98 bits per heavy atom. The SMILES string of the molecule is C=CCC(F)Oc1cc(-c2cnc3cc(C4(CCCCC(C)C)CC4)ccn23)cc(OC)c1C(=O)CCCC1CC1. The minimum atomic E-state index is -1.61. The van der Waals surface area contributed by atoms with Crippen LogP contribution in [0.1, 0.15) is 107 Å². The lowest BCUT2D eigenvalue weighted by molar-refractivity contribution is 0.0683. The molecule has 0 aliphatic heterocycles. The number of hydrogen-bond acceptors (Lipinski definition) is 4. The monoisotopic (exact) mass is 560 g/mol. The summed E-state index contributed by atoms with van der Waals surface area (Å²) in [7, 11) is 1.54. The molecule has 5 rings (SSSR count). The first-order chi connectivity index (χ1) is 19.8. The molecule has 2 aliphatic rings. The van der Waals surface area contributed by atoms with Crippen LogP contribution >= 0.6 is 0 Å². The lowest BCUT2D eigenvalue weighted by atomic mass is 9.90. The van der Waals surface area contributed by atoms with Crippen molar-refractivity contribution in [2.24, 2.45) is 11.8 Å². The van der Waals surface area contributed by atoms with Crippen LogP contribution in [-0.2, 0) is 5.41 Å². The van der Waals surface area contributed by atoms with Crippen LogP contribution in [-0.4, -0.2) is 28.6 Å². The van der Waals surface area contributed by atoms with Crippen molar-refractivity contribution in [1.29, 1.82) is 0 Å². The Hall–Kier alpha value is -3.15. The van der Waals surface area contributed by atoms with Crippen molar-refractivity contribution in [2.45, 2.75) is 103 Å². The molecule has 0 N–H and O–H groups in total. The Morgan fingerprint density at radius 3 is 2.66 bits per heavy atom. The van der Waals surface area contributed by atoms with Gasteiger partial charge in [0.15, 0.2) is 5.78 Å². The number of imidazole rings is 1. The largest absolute Gasteiger partial charge is 0.496 e. The molecule has 0 amide bonds. The van der Waals surface area contributed by atoms with Gasteiger partial charge in [-0.2, -0.15) is 0 Å². The zero-order chi connectivity index (χ0) is 29.0. The van der Waals surface area contributed by atoms with Crippen molar-refractivity contribution < 1.29 is 18.7 Å². The molecular weight excluding hydrogens is 515 g/mol. The molecule has 0 radical (unpaired) electrons. The second kappa shape index (κ2) is 12.8. The lowest BCUT2D eigenvalue weighted by Crippen LogP contribution is -2.13. The summed E-state index contributed by atoms with van der Waals surface area (Å²) in [6, 6.07) is 8.03. The van der Waals surface area contributed by atoms with E-state index in [0.29, 0.717) is 17.7 Å². The maximum atomic E-state index is 14.7. The normalized spacial score (nSPS) is 16.6. The highest BCUT2D eigenvalue weighted by molar-refractivity contribution is 6.02. The highest BCUT2D eigenvalue weighted by atomic mass is 19.1. The van der Waals surface area contributed by atoms with E-state index in [1.54, 1.807) is 6.07 Å². The molecular formula is C35H45FN2O3. The third-order valence-corrected chi connectivity index (χ3v) is 8.85. The maximum absolute atomic E-state index is 14.7. The van der Waals surface area contributed by atoms with Crippen LogP contribution in [0.15, 0.2) is 49.3 Å². The van der Waals surface area contributed by atoms with E-state index in [1.165, 1.54) is 70.1 Å². The fourth-order valence-corrected chi connectivity index (χ4v) is 6.04. The fourth-order valence-electron chi connectivity index (χ4n) is 6.04. The Balaban J connectivity index is 1.42. The van der Waals surface area contributed by atoms with Gasteiger partial charge >= 0.3 is 0 Å². The second-order valence-electron chi connectivity index (χ2n) is 12.6. The number of carbonyl (C=O) groups is 1. The number of methoxy groups -OCH3 is 1. The van der Waals surface area contributed by atoms with Gasteiger partial charge in [-0.1, -0.05) is 58.4 Å². The van der Waals surface area contributed by atoms with Gasteiger partial charge in [-0.15, -0.1) is 6.58 Å². The van der Waals surface area contributed by atoms with E-state index in [2.05, 4.69) is 38.8 Å². The summed E-state index contributed by atoms with van der Waals surface area (Å²) in [5.41, 5.74) is 4.43. The van der Waals surface area contributed by atoms with Crippen molar-refractivity contribution in [3.05, 3.63) is 60.4 Å². The average molecular weight is 561 g/mol. The molecule has 41 heavy (non-hydrogen) atoms. The molecule has 220 valence electrons. The van der Waals surface area contributed by atoms with Gasteiger partial charge in [-0.25, -0.2) is 9.37 Å². The van der Waals surface area contributed by atoms with Crippen LogP contribution in [0.2, 0.25) is 0 Å². The zero-order valence-electron chi connectivity index (χ0n) is 25.0. The molecule has 2 saturated carbocycles. The number of hydrogen-bond donors (Lipinski definition) is 0. The van der Waals surface area contributed by atoms with E-state index in [9.17, 15) is 9.18 Å². The molecule has 2 heterocycles. The summed E-state index contributed by atoms with van der Waals surface area (Å²) < 4.78 is 28.2. The van der Waals surface area contributed by atoms with Gasteiger partial charge in [-0.3, -0.25) is 9.20 Å². The van der Waals surface area contributed by atoms with Gasteiger partial charge in [-0.05, 0) is 72.8 Å². The predicted octanol–water partition coefficient (Wildman–Crippen LogP) is 9.27. The number of halogens is 1. The van der Waals surface area contributed by atoms with Gasteiger partial charge in [0.2, 0.25) is 6.36 Å². The highest BCUT2D eigenvalue weighted by Gasteiger charge is 2.43. The number of benzene rings is 1.